The zero-order chi connectivity index (χ0) is 24.2. The van der Waals surface area contributed by atoms with Crippen LogP contribution in [0.4, 0.5) is 5.95 Å². The maximum Gasteiger partial charge on any atom is 0.306 e. The molecular formula is C26H32N6O3. The molecular weight excluding hydrogens is 444 g/mol. The van der Waals surface area contributed by atoms with Crippen molar-refractivity contribution in [3.8, 4) is 11.3 Å². The van der Waals surface area contributed by atoms with Crippen molar-refractivity contribution in [1.82, 2.24) is 24.5 Å². The van der Waals surface area contributed by atoms with Gasteiger partial charge in [-0.25, -0.2) is 4.98 Å². The molecule has 1 saturated carbocycles. The number of rotatable bonds is 6. The lowest BCUT2D eigenvalue weighted by atomic mass is 9.84. The van der Waals surface area contributed by atoms with Gasteiger partial charge in [-0.3, -0.25) is 9.59 Å². The minimum atomic E-state index is -0.363. The van der Waals surface area contributed by atoms with Gasteiger partial charge in [-0.15, -0.1) is 5.10 Å². The summed E-state index contributed by atoms with van der Waals surface area (Å²) in [6.45, 7) is 2.40. The number of esters is 1. The molecule has 0 unspecified atom stereocenters. The minimum Gasteiger partial charge on any atom is -0.469 e. The Bertz CT molecular complexity index is 1180. The predicted octanol–water partition coefficient (Wildman–Crippen LogP) is 3.44. The monoisotopic (exact) mass is 476 g/mol. The number of hydrogen-bond donors (Lipinski definition) is 0. The van der Waals surface area contributed by atoms with E-state index in [0.29, 0.717) is 43.8 Å². The first-order chi connectivity index (χ1) is 17.1. The highest BCUT2D eigenvalue weighted by molar-refractivity contribution is 5.81. The van der Waals surface area contributed by atoms with Gasteiger partial charge in [-0.1, -0.05) is 43.5 Å². The molecule has 2 fully saturated rings. The summed E-state index contributed by atoms with van der Waals surface area (Å²) in [5.41, 5.74) is 3.48. The summed E-state index contributed by atoms with van der Waals surface area (Å²) in [6, 6.07) is 10.8. The molecule has 1 aliphatic carbocycles. The molecule has 0 spiro atoms. The molecule has 0 N–H and O–H groups in total. The molecule has 184 valence electrons. The molecule has 9 nitrogen and oxygen atoms in total. The first-order valence-corrected chi connectivity index (χ1v) is 12.5. The number of nitrogens with zero attached hydrogens (tertiary/aromatic N) is 6. The average molecular weight is 477 g/mol. The lowest BCUT2D eigenvalue weighted by Crippen LogP contribution is -2.49. The number of piperazine rings is 1. The normalized spacial score (nSPS) is 17.1. The van der Waals surface area contributed by atoms with Gasteiger partial charge in [-0.2, -0.15) is 9.50 Å². The highest BCUT2D eigenvalue weighted by atomic mass is 16.5. The second kappa shape index (κ2) is 10.4. The fraction of sp³-hybridized carbons (Fsp3) is 0.500. The van der Waals surface area contributed by atoms with Crippen LogP contribution in [-0.4, -0.2) is 69.6 Å². The van der Waals surface area contributed by atoms with Crippen LogP contribution in [0.5, 0.6) is 0 Å². The number of ether oxygens (including phenoxy) is 1. The number of benzene rings is 1. The van der Waals surface area contributed by atoms with Crippen LogP contribution >= 0.6 is 0 Å². The van der Waals surface area contributed by atoms with Gasteiger partial charge in [0.1, 0.15) is 0 Å². The highest BCUT2D eigenvalue weighted by Crippen LogP contribution is 2.33. The number of amides is 1. The molecule has 35 heavy (non-hydrogen) atoms. The zero-order valence-corrected chi connectivity index (χ0v) is 20.2. The Morgan fingerprint density at radius 3 is 2.43 bits per heavy atom. The predicted molar refractivity (Wildman–Crippen MR) is 132 cm³/mol. The Morgan fingerprint density at radius 2 is 1.71 bits per heavy atom. The van der Waals surface area contributed by atoms with Crippen molar-refractivity contribution >= 4 is 23.6 Å². The van der Waals surface area contributed by atoms with Crippen molar-refractivity contribution in [2.45, 2.75) is 50.9 Å². The quantitative estimate of drug-likeness (QED) is 0.503. The first-order valence-electron chi connectivity index (χ1n) is 12.5. The summed E-state index contributed by atoms with van der Waals surface area (Å²) in [4.78, 5) is 36.6. The molecule has 1 aromatic carbocycles. The number of methoxy groups -OCH3 is 1. The van der Waals surface area contributed by atoms with Crippen molar-refractivity contribution in [1.29, 1.82) is 0 Å². The van der Waals surface area contributed by atoms with Crippen molar-refractivity contribution in [2.24, 2.45) is 0 Å². The lowest BCUT2D eigenvalue weighted by Gasteiger charge is -2.34. The van der Waals surface area contributed by atoms with Crippen molar-refractivity contribution in [3.05, 3.63) is 42.1 Å². The molecule has 5 rings (SSSR count). The van der Waals surface area contributed by atoms with Gasteiger partial charge in [-0.05, 0) is 30.4 Å². The molecule has 2 aliphatic rings. The van der Waals surface area contributed by atoms with E-state index >= 15 is 0 Å². The summed E-state index contributed by atoms with van der Waals surface area (Å²) >= 11 is 0. The van der Waals surface area contributed by atoms with Gasteiger partial charge in [0, 0.05) is 44.4 Å². The first kappa shape index (κ1) is 23.3. The molecule has 0 atom stereocenters. The Kier molecular flexibility index (Phi) is 6.92. The summed E-state index contributed by atoms with van der Waals surface area (Å²) in [5.74, 6) is 1.46. The van der Waals surface area contributed by atoms with Gasteiger partial charge in [0.2, 0.25) is 11.9 Å². The van der Waals surface area contributed by atoms with E-state index in [-0.39, 0.29) is 24.7 Å². The van der Waals surface area contributed by atoms with E-state index in [1.165, 1.54) is 44.8 Å². The van der Waals surface area contributed by atoms with Crippen LogP contribution in [0.1, 0.15) is 56.4 Å². The van der Waals surface area contributed by atoms with Gasteiger partial charge >= 0.3 is 5.97 Å². The Morgan fingerprint density at radius 1 is 0.971 bits per heavy atom. The zero-order valence-electron chi connectivity index (χ0n) is 20.2. The van der Waals surface area contributed by atoms with Gasteiger partial charge < -0.3 is 14.5 Å². The Labute approximate surface area is 205 Å². The van der Waals surface area contributed by atoms with Crippen molar-refractivity contribution in [3.63, 3.8) is 0 Å². The maximum atomic E-state index is 12.4. The molecule has 1 aliphatic heterocycles. The lowest BCUT2D eigenvalue weighted by molar-refractivity contribution is -0.143. The molecule has 0 radical (unpaired) electrons. The number of hydrogen-bond acceptors (Lipinski definition) is 7. The van der Waals surface area contributed by atoms with Crippen LogP contribution in [0, 0.1) is 0 Å². The number of aromatic nitrogens is 4. The van der Waals surface area contributed by atoms with Crippen LogP contribution < -0.4 is 4.90 Å². The van der Waals surface area contributed by atoms with Crippen LogP contribution in [0.3, 0.4) is 0 Å². The molecule has 3 aromatic rings. The van der Waals surface area contributed by atoms with Crippen molar-refractivity contribution < 1.29 is 14.3 Å². The van der Waals surface area contributed by atoms with Crippen LogP contribution in [0.15, 0.2) is 36.5 Å². The molecule has 1 saturated heterocycles. The van der Waals surface area contributed by atoms with E-state index in [1.54, 1.807) is 15.6 Å². The number of fused-ring (bicyclic) bond motifs is 1. The SMILES string of the molecule is COC(=O)CCC(=O)N1CCN(c2nc3nccc(-c4ccc(C5CCCCC5)cc4)n3n2)CC1. The summed E-state index contributed by atoms with van der Waals surface area (Å²) in [5, 5.41) is 4.77. The van der Waals surface area contributed by atoms with E-state index in [9.17, 15) is 9.59 Å². The van der Waals surface area contributed by atoms with Crippen LogP contribution in [-0.2, 0) is 14.3 Å². The van der Waals surface area contributed by atoms with E-state index in [4.69, 9.17) is 5.10 Å². The molecule has 0 bridgehead atoms. The standard InChI is InChI=1S/C26H32N6O3/c1-35-24(34)12-11-23(33)30-15-17-31(18-16-30)26-28-25-27-14-13-22(32(25)29-26)21-9-7-20(8-10-21)19-5-3-2-4-6-19/h7-10,13-14,19H,2-6,11-12,15-18H2,1H3. The van der Waals surface area contributed by atoms with Crippen LogP contribution in [0.2, 0.25) is 0 Å². The summed E-state index contributed by atoms with van der Waals surface area (Å²) in [7, 11) is 1.33. The highest BCUT2D eigenvalue weighted by Gasteiger charge is 2.24. The third-order valence-corrected chi connectivity index (χ3v) is 7.20. The Hall–Kier alpha value is -3.49. The Balaban J connectivity index is 1.27. The van der Waals surface area contributed by atoms with E-state index in [0.717, 1.165) is 11.3 Å². The minimum absolute atomic E-state index is 0.0290. The van der Waals surface area contributed by atoms with E-state index in [1.807, 2.05) is 6.07 Å². The smallest absolute Gasteiger partial charge is 0.306 e. The second-order valence-corrected chi connectivity index (χ2v) is 9.35. The molecule has 1 amide bonds. The molecule has 9 heteroatoms. The second-order valence-electron chi connectivity index (χ2n) is 9.35. The summed E-state index contributed by atoms with van der Waals surface area (Å²) in [6.07, 6.45) is 8.65. The third-order valence-electron chi connectivity index (χ3n) is 7.20. The molecule has 2 aromatic heterocycles. The molecule has 3 heterocycles. The van der Waals surface area contributed by atoms with E-state index < -0.39 is 0 Å². The van der Waals surface area contributed by atoms with Crippen LogP contribution in [0.25, 0.3) is 17.0 Å². The largest absolute Gasteiger partial charge is 0.469 e. The maximum absolute atomic E-state index is 12.4. The third kappa shape index (κ3) is 5.13. The average Bonchev–Trinajstić information content (AvgIpc) is 3.37. The van der Waals surface area contributed by atoms with E-state index in [2.05, 4.69) is 43.9 Å². The number of carbonyl (C=O) groups is 2. The van der Waals surface area contributed by atoms with Gasteiger partial charge in [0.25, 0.3) is 5.78 Å². The number of anilines is 1. The topological polar surface area (TPSA) is 92.9 Å². The van der Waals surface area contributed by atoms with Gasteiger partial charge in [0.05, 0.1) is 19.2 Å². The number of carbonyl (C=O) groups excluding carboxylic acids is 2. The fourth-order valence-corrected chi connectivity index (χ4v) is 5.12. The van der Waals surface area contributed by atoms with Gasteiger partial charge in [0.15, 0.2) is 0 Å². The fourth-order valence-electron chi connectivity index (χ4n) is 5.12. The van der Waals surface area contributed by atoms with Crippen molar-refractivity contribution in [2.75, 3.05) is 38.2 Å². The summed E-state index contributed by atoms with van der Waals surface area (Å²) < 4.78 is 6.43.